The number of aromatic amines is 1. The Morgan fingerprint density at radius 2 is 2.40 bits per heavy atom. The molecule has 0 saturated heterocycles. The summed E-state index contributed by atoms with van der Waals surface area (Å²) in [5.41, 5.74) is 1.46. The predicted octanol–water partition coefficient (Wildman–Crippen LogP) is 2.10. The van der Waals surface area contributed by atoms with Crippen LogP contribution in [0.15, 0.2) is 6.07 Å². The van der Waals surface area contributed by atoms with Gasteiger partial charge in [-0.15, -0.1) is 0 Å². The molecule has 2 rings (SSSR count). The molecule has 0 atom stereocenters. The summed E-state index contributed by atoms with van der Waals surface area (Å²) >= 11 is 0. The molecule has 0 unspecified atom stereocenters. The third-order valence-corrected chi connectivity index (χ3v) is 2.90. The van der Waals surface area contributed by atoms with Crippen molar-refractivity contribution in [1.29, 1.82) is 0 Å². The maximum absolute atomic E-state index is 11.3. The number of ether oxygens (including phenoxy) is 1. The van der Waals surface area contributed by atoms with Gasteiger partial charge in [-0.05, 0) is 31.7 Å². The molecule has 4 heteroatoms. The topological polar surface area (TPSA) is 55.0 Å². The van der Waals surface area contributed by atoms with Crippen molar-refractivity contribution in [2.45, 2.75) is 32.6 Å². The van der Waals surface area contributed by atoms with Crippen molar-refractivity contribution >= 4 is 5.97 Å². The summed E-state index contributed by atoms with van der Waals surface area (Å²) in [6.07, 6.45) is 2.37. The van der Waals surface area contributed by atoms with Crippen LogP contribution in [-0.4, -0.2) is 22.8 Å². The molecule has 1 heterocycles. The quantitative estimate of drug-likeness (QED) is 0.774. The number of nitrogens with one attached hydrogen (secondary N) is 1. The second kappa shape index (κ2) is 4.04. The maximum Gasteiger partial charge on any atom is 0.358 e. The van der Waals surface area contributed by atoms with Gasteiger partial charge in [-0.2, -0.15) is 5.10 Å². The van der Waals surface area contributed by atoms with Gasteiger partial charge in [-0.25, -0.2) is 4.79 Å². The Kier molecular flexibility index (Phi) is 2.75. The lowest BCUT2D eigenvalue weighted by atomic mass is 9.74. The first-order chi connectivity index (χ1) is 7.20. The number of rotatable bonds is 3. The lowest BCUT2D eigenvalue weighted by molar-refractivity contribution is 0.0519. The molecule has 0 aromatic carbocycles. The SMILES string of the molecule is CCOC(=O)c1cc(C2CC(C)C2)[nH]n1. The van der Waals surface area contributed by atoms with Gasteiger partial charge < -0.3 is 4.74 Å². The maximum atomic E-state index is 11.3. The van der Waals surface area contributed by atoms with Crippen molar-refractivity contribution in [2.75, 3.05) is 6.61 Å². The Morgan fingerprint density at radius 1 is 1.67 bits per heavy atom. The van der Waals surface area contributed by atoms with Gasteiger partial charge in [-0.3, -0.25) is 5.10 Å². The number of H-pyrrole nitrogens is 1. The van der Waals surface area contributed by atoms with Gasteiger partial charge in [0.25, 0.3) is 0 Å². The zero-order chi connectivity index (χ0) is 10.8. The van der Waals surface area contributed by atoms with Gasteiger partial charge in [-0.1, -0.05) is 6.92 Å². The highest BCUT2D eigenvalue weighted by molar-refractivity contribution is 5.87. The molecule has 1 aliphatic rings. The van der Waals surface area contributed by atoms with Crippen LogP contribution in [0.25, 0.3) is 0 Å². The number of esters is 1. The van der Waals surface area contributed by atoms with E-state index in [9.17, 15) is 4.79 Å². The number of aromatic nitrogens is 2. The molecule has 0 amide bonds. The van der Waals surface area contributed by atoms with Crippen LogP contribution in [0.5, 0.6) is 0 Å². The summed E-state index contributed by atoms with van der Waals surface area (Å²) in [6, 6.07) is 1.81. The molecule has 15 heavy (non-hydrogen) atoms. The molecule has 0 spiro atoms. The van der Waals surface area contributed by atoms with Crippen molar-refractivity contribution in [3.05, 3.63) is 17.5 Å². The normalized spacial score (nSPS) is 24.7. The zero-order valence-corrected chi connectivity index (χ0v) is 9.12. The second-order valence-electron chi connectivity index (χ2n) is 4.20. The largest absolute Gasteiger partial charge is 0.461 e. The fourth-order valence-corrected chi connectivity index (χ4v) is 2.01. The van der Waals surface area contributed by atoms with Crippen molar-refractivity contribution in [3.63, 3.8) is 0 Å². The summed E-state index contributed by atoms with van der Waals surface area (Å²) < 4.78 is 4.87. The third-order valence-electron chi connectivity index (χ3n) is 2.90. The summed E-state index contributed by atoms with van der Waals surface area (Å²) in [7, 11) is 0. The zero-order valence-electron chi connectivity index (χ0n) is 9.12. The smallest absolute Gasteiger partial charge is 0.358 e. The van der Waals surface area contributed by atoms with E-state index in [2.05, 4.69) is 17.1 Å². The predicted molar refractivity (Wildman–Crippen MR) is 55.7 cm³/mol. The van der Waals surface area contributed by atoms with Crippen LogP contribution in [0.4, 0.5) is 0 Å². The molecule has 0 radical (unpaired) electrons. The first-order valence-electron chi connectivity index (χ1n) is 5.43. The fraction of sp³-hybridized carbons (Fsp3) is 0.636. The van der Waals surface area contributed by atoms with Crippen LogP contribution in [0.2, 0.25) is 0 Å². The van der Waals surface area contributed by atoms with Crippen LogP contribution in [-0.2, 0) is 4.74 Å². The summed E-state index contributed by atoms with van der Waals surface area (Å²) in [5.74, 6) is 1.01. The molecule has 4 nitrogen and oxygen atoms in total. The van der Waals surface area contributed by atoms with Gasteiger partial charge >= 0.3 is 5.97 Å². The molecule has 0 aliphatic heterocycles. The fourth-order valence-electron chi connectivity index (χ4n) is 2.01. The molecule has 1 aromatic heterocycles. The van der Waals surface area contributed by atoms with Gasteiger partial charge in [0.15, 0.2) is 5.69 Å². The molecule has 82 valence electrons. The monoisotopic (exact) mass is 208 g/mol. The highest BCUT2D eigenvalue weighted by Gasteiger charge is 2.28. The van der Waals surface area contributed by atoms with Crippen LogP contribution in [0.3, 0.4) is 0 Å². The van der Waals surface area contributed by atoms with E-state index in [1.807, 2.05) is 6.07 Å². The minimum Gasteiger partial charge on any atom is -0.461 e. The van der Waals surface area contributed by atoms with E-state index in [0.29, 0.717) is 18.2 Å². The lowest BCUT2D eigenvalue weighted by Crippen LogP contribution is -2.19. The highest BCUT2D eigenvalue weighted by atomic mass is 16.5. The molecule has 1 aliphatic carbocycles. The molecule has 0 bridgehead atoms. The van der Waals surface area contributed by atoms with Crippen LogP contribution < -0.4 is 0 Å². The van der Waals surface area contributed by atoms with Crippen molar-refractivity contribution < 1.29 is 9.53 Å². The Bertz CT molecular complexity index is 353. The number of hydrogen-bond acceptors (Lipinski definition) is 3. The van der Waals surface area contributed by atoms with Crippen LogP contribution >= 0.6 is 0 Å². The average molecular weight is 208 g/mol. The average Bonchev–Trinajstić information content (AvgIpc) is 2.62. The van der Waals surface area contributed by atoms with E-state index in [0.717, 1.165) is 11.6 Å². The number of hydrogen-bond donors (Lipinski definition) is 1. The summed E-state index contributed by atoms with van der Waals surface area (Å²) in [4.78, 5) is 11.3. The number of carbonyl (C=O) groups excluding carboxylic acids is 1. The van der Waals surface area contributed by atoms with Gasteiger partial charge in [0.05, 0.1) is 6.61 Å². The van der Waals surface area contributed by atoms with Crippen LogP contribution in [0, 0.1) is 5.92 Å². The van der Waals surface area contributed by atoms with E-state index >= 15 is 0 Å². The van der Waals surface area contributed by atoms with E-state index in [4.69, 9.17) is 4.74 Å². The standard InChI is InChI=1S/C11H16N2O2/c1-3-15-11(14)10-6-9(12-13-10)8-4-7(2)5-8/h6-8H,3-5H2,1-2H3,(H,12,13). The van der Waals surface area contributed by atoms with Crippen molar-refractivity contribution in [3.8, 4) is 0 Å². The third kappa shape index (κ3) is 2.03. The first kappa shape index (κ1) is 10.2. The second-order valence-corrected chi connectivity index (χ2v) is 4.20. The highest BCUT2D eigenvalue weighted by Crippen LogP contribution is 2.40. The first-order valence-corrected chi connectivity index (χ1v) is 5.43. The Balaban J connectivity index is 2.01. The molecular formula is C11H16N2O2. The molecule has 1 saturated carbocycles. The molecular weight excluding hydrogens is 192 g/mol. The van der Waals surface area contributed by atoms with E-state index in [1.165, 1.54) is 12.8 Å². The van der Waals surface area contributed by atoms with Gasteiger partial charge in [0, 0.05) is 11.6 Å². The van der Waals surface area contributed by atoms with Gasteiger partial charge in [0.2, 0.25) is 0 Å². The van der Waals surface area contributed by atoms with E-state index in [1.54, 1.807) is 6.92 Å². The van der Waals surface area contributed by atoms with Gasteiger partial charge in [0.1, 0.15) is 0 Å². The lowest BCUT2D eigenvalue weighted by Gasteiger charge is -2.31. The number of carbonyl (C=O) groups is 1. The summed E-state index contributed by atoms with van der Waals surface area (Å²) in [5, 5.41) is 6.88. The summed E-state index contributed by atoms with van der Waals surface area (Å²) in [6.45, 7) is 4.42. The Hall–Kier alpha value is -1.32. The van der Waals surface area contributed by atoms with E-state index in [-0.39, 0.29) is 5.97 Å². The Morgan fingerprint density at radius 3 is 3.00 bits per heavy atom. The van der Waals surface area contributed by atoms with Crippen LogP contribution in [0.1, 0.15) is 48.8 Å². The Labute approximate surface area is 89.0 Å². The minimum absolute atomic E-state index is 0.340. The molecule has 1 fully saturated rings. The van der Waals surface area contributed by atoms with Crippen molar-refractivity contribution in [2.24, 2.45) is 5.92 Å². The van der Waals surface area contributed by atoms with E-state index < -0.39 is 0 Å². The minimum atomic E-state index is -0.340. The van der Waals surface area contributed by atoms with Crippen molar-refractivity contribution in [1.82, 2.24) is 10.2 Å². The molecule has 1 aromatic rings. The molecule has 1 N–H and O–H groups in total. The number of nitrogens with zero attached hydrogens (tertiary/aromatic N) is 1.